The largest absolute Gasteiger partial charge is 0.489 e. The Balaban J connectivity index is 0.00000100. The van der Waals surface area contributed by atoms with E-state index in [1.807, 2.05) is 13.8 Å². The van der Waals surface area contributed by atoms with Crippen molar-refractivity contribution < 1.29 is 23.4 Å². The van der Waals surface area contributed by atoms with Crippen molar-refractivity contribution in [3.63, 3.8) is 0 Å². The Morgan fingerprint density at radius 2 is 1.92 bits per heavy atom. The van der Waals surface area contributed by atoms with Crippen molar-refractivity contribution in [2.24, 2.45) is 0 Å². The second kappa shape index (κ2) is 7.64. The molecule has 0 bridgehead atoms. The van der Waals surface area contributed by atoms with Crippen LogP contribution < -0.4 is 4.74 Å². The fraction of sp³-hybridized carbons (Fsp3) is 0.211. The molecule has 0 saturated carbocycles. The lowest BCUT2D eigenvalue weighted by Crippen LogP contribution is -1.99. The molecule has 126 valence electrons. The van der Waals surface area contributed by atoms with Gasteiger partial charge in [-0.2, -0.15) is 0 Å². The maximum absolute atomic E-state index is 13.5. The van der Waals surface area contributed by atoms with Gasteiger partial charge in [0.15, 0.2) is 0 Å². The first kappa shape index (κ1) is 17.5. The maximum atomic E-state index is 13.5. The lowest BCUT2D eigenvalue weighted by molar-refractivity contribution is 0.0697. The number of carbonyl (C=O) groups is 1. The molecular formula is C19H19FO4. The zero-order valence-corrected chi connectivity index (χ0v) is 13.8. The van der Waals surface area contributed by atoms with Crippen LogP contribution in [0.5, 0.6) is 5.75 Å². The van der Waals surface area contributed by atoms with Gasteiger partial charge in [-0.1, -0.05) is 32.0 Å². The number of carboxylic acids is 1. The Hall–Kier alpha value is -2.82. The molecule has 1 aromatic heterocycles. The van der Waals surface area contributed by atoms with Crippen molar-refractivity contribution >= 4 is 16.9 Å². The van der Waals surface area contributed by atoms with Gasteiger partial charge in [0.2, 0.25) is 0 Å². The zero-order valence-electron chi connectivity index (χ0n) is 13.8. The summed E-state index contributed by atoms with van der Waals surface area (Å²) in [6.45, 7) is 5.67. The lowest BCUT2D eigenvalue weighted by Gasteiger charge is -2.07. The van der Waals surface area contributed by atoms with E-state index >= 15 is 0 Å². The minimum atomic E-state index is -1.05. The van der Waals surface area contributed by atoms with Gasteiger partial charge >= 0.3 is 5.97 Å². The number of ether oxygens (including phenoxy) is 1. The number of aryl methyl sites for hydroxylation is 1. The number of benzene rings is 2. The van der Waals surface area contributed by atoms with Crippen molar-refractivity contribution in [2.75, 3.05) is 0 Å². The number of hydrogen-bond donors (Lipinski definition) is 1. The van der Waals surface area contributed by atoms with Gasteiger partial charge in [-0.05, 0) is 31.2 Å². The van der Waals surface area contributed by atoms with Crippen LogP contribution in [0.3, 0.4) is 0 Å². The van der Waals surface area contributed by atoms with E-state index in [-0.39, 0.29) is 18.0 Å². The summed E-state index contributed by atoms with van der Waals surface area (Å²) < 4.78 is 24.5. The first-order chi connectivity index (χ1) is 11.6. The Bertz CT molecular complexity index is 852. The van der Waals surface area contributed by atoms with Gasteiger partial charge in [0, 0.05) is 10.9 Å². The number of furan rings is 1. The minimum absolute atomic E-state index is 0.0669. The fourth-order valence-corrected chi connectivity index (χ4v) is 2.33. The number of hydrogen-bond acceptors (Lipinski definition) is 3. The molecule has 0 fully saturated rings. The van der Waals surface area contributed by atoms with Crippen molar-refractivity contribution in [2.45, 2.75) is 27.4 Å². The number of carboxylic acid groups (broad SMARTS) is 1. The predicted octanol–water partition coefficient (Wildman–Crippen LogP) is 5.18. The summed E-state index contributed by atoms with van der Waals surface area (Å²) in [5.41, 5.74) is 1.03. The predicted molar refractivity (Wildman–Crippen MR) is 90.0 cm³/mol. The van der Waals surface area contributed by atoms with E-state index in [1.165, 1.54) is 6.07 Å². The van der Waals surface area contributed by atoms with E-state index in [2.05, 4.69) is 0 Å². The van der Waals surface area contributed by atoms with E-state index < -0.39 is 5.97 Å². The van der Waals surface area contributed by atoms with Gasteiger partial charge in [-0.25, -0.2) is 9.18 Å². The van der Waals surface area contributed by atoms with E-state index in [1.54, 1.807) is 43.3 Å². The Morgan fingerprint density at radius 3 is 2.58 bits per heavy atom. The summed E-state index contributed by atoms with van der Waals surface area (Å²) >= 11 is 0. The van der Waals surface area contributed by atoms with Crippen LogP contribution in [0.4, 0.5) is 4.39 Å². The SMILES string of the molecule is CC.Cc1oc2ccc(OCc3ccccc3F)cc2c1C(=O)O. The van der Waals surface area contributed by atoms with E-state index in [4.69, 9.17) is 9.15 Å². The number of halogens is 1. The van der Waals surface area contributed by atoms with Gasteiger partial charge in [0.1, 0.15) is 35.1 Å². The highest BCUT2D eigenvalue weighted by Crippen LogP contribution is 2.29. The number of aromatic carboxylic acids is 1. The molecule has 0 radical (unpaired) electrons. The monoisotopic (exact) mass is 330 g/mol. The molecule has 3 rings (SSSR count). The average molecular weight is 330 g/mol. The molecule has 3 aromatic rings. The second-order valence-corrected chi connectivity index (χ2v) is 4.88. The molecule has 0 saturated heterocycles. The lowest BCUT2D eigenvalue weighted by atomic mass is 10.1. The molecule has 4 nitrogen and oxygen atoms in total. The molecule has 0 aliphatic rings. The maximum Gasteiger partial charge on any atom is 0.339 e. The first-order valence-corrected chi connectivity index (χ1v) is 7.69. The number of fused-ring (bicyclic) bond motifs is 1. The third-order valence-corrected chi connectivity index (χ3v) is 3.40. The van der Waals surface area contributed by atoms with Crippen molar-refractivity contribution in [3.8, 4) is 5.75 Å². The van der Waals surface area contributed by atoms with Gasteiger partial charge in [-0.3, -0.25) is 0 Å². The summed E-state index contributed by atoms with van der Waals surface area (Å²) in [5, 5.41) is 9.71. The number of rotatable bonds is 4. The normalized spacial score (nSPS) is 10.2. The molecular weight excluding hydrogens is 311 g/mol. The van der Waals surface area contributed by atoms with Gasteiger partial charge in [-0.15, -0.1) is 0 Å². The van der Waals surface area contributed by atoms with Gasteiger partial charge in [0.05, 0.1) is 0 Å². The molecule has 0 aliphatic heterocycles. The molecule has 24 heavy (non-hydrogen) atoms. The molecule has 0 aliphatic carbocycles. The quantitative estimate of drug-likeness (QED) is 0.715. The molecule has 1 heterocycles. The molecule has 0 amide bonds. The van der Waals surface area contributed by atoms with E-state index in [0.717, 1.165) is 0 Å². The molecule has 0 unspecified atom stereocenters. The second-order valence-electron chi connectivity index (χ2n) is 4.88. The summed E-state index contributed by atoms with van der Waals surface area (Å²) in [4.78, 5) is 11.3. The Morgan fingerprint density at radius 1 is 1.21 bits per heavy atom. The van der Waals surface area contributed by atoms with Crippen molar-refractivity contribution in [3.05, 3.63) is 65.2 Å². The van der Waals surface area contributed by atoms with Gasteiger partial charge in [0.25, 0.3) is 0 Å². The van der Waals surface area contributed by atoms with E-state index in [9.17, 15) is 14.3 Å². The van der Waals surface area contributed by atoms with Crippen LogP contribution in [0.1, 0.15) is 35.5 Å². The van der Waals surface area contributed by atoms with Crippen LogP contribution in [-0.4, -0.2) is 11.1 Å². The fourth-order valence-electron chi connectivity index (χ4n) is 2.33. The van der Waals surface area contributed by atoms with Crippen LogP contribution in [0, 0.1) is 12.7 Å². The Labute approximate surface area is 139 Å². The minimum Gasteiger partial charge on any atom is -0.489 e. The third-order valence-electron chi connectivity index (χ3n) is 3.40. The third kappa shape index (κ3) is 3.56. The molecule has 2 aromatic carbocycles. The van der Waals surface area contributed by atoms with Crippen LogP contribution in [0.15, 0.2) is 46.9 Å². The summed E-state index contributed by atoms with van der Waals surface area (Å²) in [7, 11) is 0. The van der Waals surface area contributed by atoms with Crippen LogP contribution in [-0.2, 0) is 6.61 Å². The molecule has 0 atom stereocenters. The zero-order chi connectivity index (χ0) is 17.7. The van der Waals surface area contributed by atoms with Crippen LogP contribution >= 0.6 is 0 Å². The summed E-state index contributed by atoms with van der Waals surface area (Å²) in [5.74, 6) is -0.593. The Kier molecular flexibility index (Phi) is 5.58. The first-order valence-electron chi connectivity index (χ1n) is 7.69. The standard InChI is InChI=1S/C17H13FO4.C2H6/c1-10-16(17(19)20)13-8-12(6-7-15(13)22-10)21-9-11-4-2-3-5-14(11)18;1-2/h2-8H,9H2,1H3,(H,19,20);1-2H3. The molecule has 5 heteroatoms. The van der Waals surface area contributed by atoms with Crippen LogP contribution in [0.2, 0.25) is 0 Å². The van der Waals surface area contributed by atoms with E-state index in [0.29, 0.717) is 28.0 Å². The smallest absolute Gasteiger partial charge is 0.339 e. The highest BCUT2D eigenvalue weighted by Gasteiger charge is 2.17. The molecule has 1 N–H and O–H groups in total. The average Bonchev–Trinajstić information content (AvgIpc) is 2.91. The highest BCUT2D eigenvalue weighted by atomic mass is 19.1. The summed E-state index contributed by atoms with van der Waals surface area (Å²) in [6, 6.07) is 11.2. The highest BCUT2D eigenvalue weighted by molar-refractivity contribution is 6.03. The van der Waals surface area contributed by atoms with Crippen molar-refractivity contribution in [1.29, 1.82) is 0 Å². The molecule has 0 spiro atoms. The van der Waals surface area contributed by atoms with Crippen LogP contribution in [0.25, 0.3) is 11.0 Å². The topological polar surface area (TPSA) is 59.7 Å². The van der Waals surface area contributed by atoms with Gasteiger partial charge < -0.3 is 14.3 Å². The van der Waals surface area contributed by atoms with Crippen molar-refractivity contribution in [1.82, 2.24) is 0 Å². The summed E-state index contributed by atoms with van der Waals surface area (Å²) in [6.07, 6.45) is 0.